The molecular weight excluding hydrogens is 1560 g/mol. The van der Waals surface area contributed by atoms with Gasteiger partial charge < -0.3 is 34.2 Å². The second-order valence-corrected chi connectivity index (χ2v) is 35.4. The molecule has 0 fully saturated rings. The minimum atomic E-state index is -4.94. The molecule has 0 radical (unpaired) electrons. The Hall–Kier alpha value is -4.83. The number of rotatable bonds is 92. The van der Waals surface area contributed by atoms with Crippen molar-refractivity contribution in [1.29, 1.82) is 0 Å². The van der Waals surface area contributed by atoms with Crippen LogP contribution in [0, 0.1) is 0 Å². The third-order valence-corrected chi connectivity index (χ3v) is 22.6. The predicted molar refractivity (Wildman–Crippen MR) is 509 cm³/mol. The molecule has 0 spiro atoms. The molecule has 0 heterocycles. The lowest BCUT2D eigenvalue weighted by Gasteiger charge is -2.21. The summed E-state index contributed by atoms with van der Waals surface area (Å²) in [5, 5.41) is 20.8. The first kappa shape index (κ1) is 116. The van der Waals surface area contributed by atoms with E-state index in [0.717, 1.165) is 161 Å². The van der Waals surface area contributed by atoms with Crippen LogP contribution in [0.5, 0.6) is 0 Å². The topological polar surface area (TPSA) is 231 Å². The zero-order valence-corrected chi connectivity index (χ0v) is 78.7. The Morgan fingerprint density at radius 1 is 0.240 bits per heavy atom. The molecular formula is C103H178O16P2. The van der Waals surface area contributed by atoms with Crippen LogP contribution in [0.2, 0.25) is 0 Å². The number of aliphatic hydroxyl groups excluding tert-OH is 2. The predicted octanol–water partition coefficient (Wildman–Crippen LogP) is 30.5. The lowest BCUT2D eigenvalue weighted by molar-refractivity contribution is -0.161. The first-order valence-corrected chi connectivity index (χ1v) is 51.8. The molecule has 0 saturated carbocycles. The molecule has 0 saturated heterocycles. The van der Waals surface area contributed by atoms with Gasteiger partial charge >= 0.3 is 33.6 Å². The summed E-state index contributed by atoms with van der Waals surface area (Å²) in [6.45, 7) is 2.48. The molecule has 5 atom stereocenters. The van der Waals surface area contributed by atoms with E-state index < -0.39 is 91.5 Å². The number of esters is 3. The molecule has 0 aliphatic rings. The van der Waals surface area contributed by atoms with Gasteiger partial charge in [0.05, 0.1) is 26.4 Å². The minimum Gasteiger partial charge on any atom is -0.463 e. The van der Waals surface area contributed by atoms with Crippen LogP contribution in [-0.4, -0.2) is 95.9 Å². The Balaban J connectivity index is 4.45. The lowest BCUT2D eigenvalue weighted by atomic mass is 10.0. The van der Waals surface area contributed by atoms with Gasteiger partial charge in [-0.3, -0.25) is 32.5 Å². The van der Waals surface area contributed by atoms with E-state index in [0.29, 0.717) is 19.3 Å². The second kappa shape index (κ2) is 94.3. The molecule has 0 aromatic heterocycles. The van der Waals surface area contributed by atoms with E-state index in [-0.39, 0.29) is 19.3 Å². The van der Waals surface area contributed by atoms with Crippen LogP contribution in [0.3, 0.4) is 0 Å². The summed E-state index contributed by atoms with van der Waals surface area (Å²) in [4.78, 5) is 59.0. The summed E-state index contributed by atoms with van der Waals surface area (Å²) >= 11 is 0. The maximum atomic E-state index is 13.1. The molecule has 696 valence electrons. The summed E-state index contributed by atoms with van der Waals surface area (Å²) in [5.41, 5.74) is 0. The van der Waals surface area contributed by atoms with Gasteiger partial charge in [-0.25, -0.2) is 9.13 Å². The molecule has 5 unspecified atom stereocenters. The lowest BCUT2D eigenvalue weighted by Crippen LogP contribution is -2.30. The average Bonchev–Trinajstić information content (AvgIpc) is 0.896. The monoisotopic (exact) mass is 1730 g/mol. The second-order valence-electron chi connectivity index (χ2n) is 32.5. The summed E-state index contributed by atoms with van der Waals surface area (Å²) in [7, 11) is -9.81. The highest BCUT2D eigenvalue weighted by Crippen LogP contribution is 2.45. The molecule has 0 aliphatic carbocycles. The number of hydrogen-bond acceptors (Lipinski definition) is 14. The maximum absolute atomic E-state index is 13.1. The van der Waals surface area contributed by atoms with E-state index in [4.69, 9.17) is 32.3 Å². The van der Waals surface area contributed by atoms with Crippen LogP contribution in [0.4, 0.5) is 0 Å². The number of phosphoric ester groups is 2. The highest BCUT2D eigenvalue weighted by molar-refractivity contribution is 7.47. The van der Waals surface area contributed by atoms with Crippen molar-refractivity contribution >= 4 is 33.6 Å². The third kappa shape index (κ3) is 95.7. The van der Waals surface area contributed by atoms with Crippen molar-refractivity contribution in [2.45, 2.75) is 437 Å². The van der Waals surface area contributed by atoms with Crippen LogP contribution < -0.4 is 0 Å². The number of carbonyl (C=O) groups excluding carboxylic acids is 3. The van der Waals surface area contributed by atoms with E-state index in [1.807, 2.05) is 0 Å². The van der Waals surface area contributed by atoms with Gasteiger partial charge in [0.15, 0.2) is 6.10 Å². The Bertz CT molecular complexity index is 2830. The van der Waals surface area contributed by atoms with Gasteiger partial charge in [-0.2, -0.15) is 0 Å². The maximum Gasteiger partial charge on any atom is 0.472 e. The number of ether oxygens (including phenoxy) is 3. The van der Waals surface area contributed by atoms with Crippen molar-refractivity contribution in [2.24, 2.45) is 0 Å². The molecule has 121 heavy (non-hydrogen) atoms. The van der Waals surface area contributed by atoms with E-state index in [1.54, 1.807) is 0 Å². The molecule has 0 rings (SSSR count). The molecule has 0 aromatic carbocycles. The fraction of sp³-hybridized carbons (Fsp3) is 0.718. The van der Waals surface area contributed by atoms with Gasteiger partial charge in [-0.05, 0) is 148 Å². The highest BCUT2D eigenvalue weighted by Gasteiger charge is 2.30. The fourth-order valence-corrected chi connectivity index (χ4v) is 15.0. The van der Waals surface area contributed by atoms with E-state index in [2.05, 4.69) is 179 Å². The number of allylic oxidation sites excluding steroid dienone is 26. The zero-order valence-electron chi connectivity index (χ0n) is 76.9. The third-order valence-electron chi connectivity index (χ3n) is 20.7. The smallest absolute Gasteiger partial charge is 0.463 e. The van der Waals surface area contributed by atoms with Crippen molar-refractivity contribution < 1.29 is 75.8 Å². The Labute approximate surface area is 740 Å². The summed E-state index contributed by atoms with van der Waals surface area (Å²) < 4.78 is 61.5. The van der Waals surface area contributed by atoms with Gasteiger partial charge in [-0.15, -0.1) is 0 Å². The van der Waals surface area contributed by atoms with E-state index >= 15 is 0 Å². The normalized spacial score (nSPS) is 14.4. The first-order chi connectivity index (χ1) is 59.2. The van der Waals surface area contributed by atoms with Crippen molar-refractivity contribution in [3.63, 3.8) is 0 Å². The fourth-order valence-electron chi connectivity index (χ4n) is 13.4. The molecule has 0 aliphatic heterocycles. The number of aliphatic hydroxyl groups is 2. The van der Waals surface area contributed by atoms with Crippen molar-refractivity contribution in [3.8, 4) is 0 Å². The molecule has 0 amide bonds. The van der Waals surface area contributed by atoms with Crippen molar-refractivity contribution in [2.75, 3.05) is 39.6 Å². The molecule has 0 bridgehead atoms. The van der Waals surface area contributed by atoms with Crippen LogP contribution in [0.1, 0.15) is 419 Å². The first-order valence-electron chi connectivity index (χ1n) is 48.8. The summed E-state index contributed by atoms with van der Waals surface area (Å²) in [5.74, 6) is -1.57. The Morgan fingerprint density at radius 3 is 0.694 bits per heavy atom. The van der Waals surface area contributed by atoms with Crippen LogP contribution >= 0.6 is 15.6 Å². The van der Waals surface area contributed by atoms with Gasteiger partial charge in [0, 0.05) is 19.3 Å². The summed E-state index contributed by atoms with van der Waals surface area (Å²) in [6, 6.07) is 0. The van der Waals surface area contributed by atoms with Crippen LogP contribution in [0.15, 0.2) is 158 Å². The number of carbonyl (C=O) groups is 3. The Morgan fingerprint density at radius 2 is 0.438 bits per heavy atom. The van der Waals surface area contributed by atoms with Gasteiger partial charge in [0.1, 0.15) is 25.4 Å². The number of unbranched alkanes of at least 4 members (excludes halogenated alkanes) is 43. The summed E-state index contributed by atoms with van der Waals surface area (Å²) in [6.07, 6.45) is 122. The molecule has 0 aromatic rings. The quantitative estimate of drug-likeness (QED) is 0.0146. The van der Waals surface area contributed by atoms with Crippen molar-refractivity contribution in [1.82, 2.24) is 0 Å². The molecule has 4 N–H and O–H groups in total. The molecule has 16 nitrogen and oxygen atoms in total. The Kier molecular flexibility index (Phi) is 90.5. The van der Waals surface area contributed by atoms with Crippen molar-refractivity contribution in [3.05, 3.63) is 158 Å². The van der Waals surface area contributed by atoms with Crippen LogP contribution in [0.25, 0.3) is 0 Å². The molecule has 18 heteroatoms. The number of phosphoric acid groups is 2. The number of hydrogen-bond donors (Lipinski definition) is 4. The van der Waals surface area contributed by atoms with E-state index in [9.17, 15) is 43.5 Å². The average molecular weight is 1730 g/mol. The highest BCUT2D eigenvalue weighted by atomic mass is 31.2. The van der Waals surface area contributed by atoms with Gasteiger partial charge in [-0.1, -0.05) is 410 Å². The van der Waals surface area contributed by atoms with Crippen LogP contribution in [-0.2, 0) is 55.8 Å². The standard InChI is InChI=1S/C103H178O16P2/c1-4-7-10-13-16-19-22-25-28-31-33-35-37-39-41-43-45-47-48-50-52-53-55-57-59-61-63-66-68-71-74-77-80-83-86-89-101(106)113-92-98(104)93-115-120(109,110)116-94-99(105)95-117-121(111,112)118-97-100(119-103(108)91-88-85-82-79-76-73-70-65-30-27-24-21-18-15-12-9-6-3)96-114-102(107)90-87-84-81-78-75-72-69-67-64-62-60-58-56-54-51-49-46-44-42-40-38-36-34-32-29-26-23-20-17-14-11-8-5-2/h7,9-10,12,16-21,25-30,33-36,39-42,45,47,98-100,104-105H,4-6,8,11,13-15,22-24,31-32,37-38,43-44,46,48-97H2,1-3H3,(H,109,110)(H,111,112)/b10-7-,12-9-,19-16-,20-17-,21-18-,28-25-,29-26-,30-27-,35-33-,36-34-,41-39-,42-40-,47-45-. The van der Waals surface area contributed by atoms with Gasteiger partial charge in [0.25, 0.3) is 0 Å². The minimum absolute atomic E-state index is 0.0927. The van der Waals surface area contributed by atoms with Gasteiger partial charge in [0.2, 0.25) is 0 Å². The zero-order chi connectivity index (χ0) is 87.9. The SMILES string of the molecule is CC/C=C\C/C=C\C/C=C\C/C=C\C/C=C\C/C=C\CCCCCCCCCCCCCCCCCCC(=O)OCC(O)COP(=O)(O)OCC(O)COP(=O)(O)OCC(COC(=O)CCCCCCCCCCCCCCCCCCC/C=C\C/C=C\C/C=C\C/C=C\CCCCC)OC(=O)CCCCCCCCC/C=C\C/C=C\C/C=C\CC. The largest absolute Gasteiger partial charge is 0.472 e. The van der Waals surface area contributed by atoms with E-state index in [1.165, 1.54) is 199 Å².